The first kappa shape index (κ1) is 16.0. The van der Waals surface area contributed by atoms with Crippen molar-refractivity contribution >= 4 is 39.1 Å². The first-order valence-electron chi connectivity index (χ1n) is 9.23. The summed E-state index contributed by atoms with van der Waals surface area (Å²) < 4.78 is 1.04. The van der Waals surface area contributed by atoms with Crippen molar-refractivity contribution in [2.24, 2.45) is 5.92 Å². The van der Waals surface area contributed by atoms with Gasteiger partial charge in [-0.1, -0.05) is 0 Å². The van der Waals surface area contributed by atoms with Crippen LogP contribution in [0.25, 0.3) is 10.2 Å². The van der Waals surface area contributed by atoms with E-state index in [1.165, 1.54) is 18.5 Å². The highest BCUT2D eigenvalue weighted by Crippen LogP contribution is 2.40. The van der Waals surface area contributed by atoms with Crippen molar-refractivity contribution in [2.75, 3.05) is 29.9 Å². The van der Waals surface area contributed by atoms with Crippen LogP contribution in [-0.4, -0.2) is 45.0 Å². The van der Waals surface area contributed by atoms with Crippen molar-refractivity contribution in [1.82, 2.24) is 20.2 Å². The summed E-state index contributed by atoms with van der Waals surface area (Å²) in [7, 11) is 0. The Balaban J connectivity index is 1.46. The maximum absolute atomic E-state index is 9.51. The van der Waals surface area contributed by atoms with E-state index in [0.717, 1.165) is 53.7 Å². The predicted molar refractivity (Wildman–Crippen MR) is 103 cm³/mol. The molecule has 1 saturated heterocycles. The summed E-state index contributed by atoms with van der Waals surface area (Å²) in [5.41, 5.74) is 2.15. The van der Waals surface area contributed by atoms with Crippen molar-refractivity contribution in [3.63, 3.8) is 0 Å². The molecule has 3 aromatic rings. The molecule has 0 amide bonds. The van der Waals surface area contributed by atoms with Gasteiger partial charge in [-0.25, -0.2) is 4.98 Å². The SMILES string of the molecule is OC[C@H]1CCCN(c2nc(Nc3cc(C4CC4)[nH]n3)c3sccc3n2)C1. The summed E-state index contributed by atoms with van der Waals surface area (Å²) in [6, 6.07) is 4.12. The fourth-order valence-electron chi connectivity index (χ4n) is 3.60. The number of piperidine rings is 1. The summed E-state index contributed by atoms with van der Waals surface area (Å²) >= 11 is 1.64. The third-order valence-corrected chi connectivity index (χ3v) is 6.12. The molecule has 1 aliphatic carbocycles. The summed E-state index contributed by atoms with van der Waals surface area (Å²) in [5, 5.41) is 22.5. The number of nitrogens with zero attached hydrogens (tertiary/aromatic N) is 4. The predicted octanol–water partition coefficient (Wildman–Crippen LogP) is 3.24. The van der Waals surface area contributed by atoms with Gasteiger partial charge in [0.05, 0.1) is 10.2 Å². The Hall–Kier alpha value is -2.19. The van der Waals surface area contributed by atoms with Crippen LogP contribution in [0.4, 0.5) is 17.6 Å². The van der Waals surface area contributed by atoms with Gasteiger partial charge >= 0.3 is 0 Å². The Labute approximate surface area is 155 Å². The maximum Gasteiger partial charge on any atom is 0.227 e. The first-order valence-corrected chi connectivity index (χ1v) is 10.1. The Morgan fingerprint density at radius 2 is 2.23 bits per heavy atom. The van der Waals surface area contributed by atoms with Crippen molar-refractivity contribution in [3.8, 4) is 0 Å². The van der Waals surface area contributed by atoms with Crippen molar-refractivity contribution < 1.29 is 5.11 Å². The number of hydrogen-bond donors (Lipinski definition) is 3. The molecule has 5 rings (SSSR count). The lowest BCUT2D eigenvalue weighted by Gasteiger charge is -2.32. The zero-order valence-electron chi connectivity index (χ0n) is 14.5. The van der Waals surface area contributed by atoms with Crippen LogP contribution in [0.2, 0.25) is 0 Å². The summed E-state index contributed by atoms with van der Waals surface area (Å²) in [6.07, 6.45) is 4.62. The van der Waals surface area contributed by atoms with E-state index in [0.29, 0.717) is 11.8 Å². The van der Waals surface area contributed by atoms with Crippen LogP contribution in [0.5, 0.6) is 0 Å². The van der Waals surface area contributed by atoms with Gasteiger partial charge in [0.2, 0.25) is 5.95 Å². The number of anilines is 3. The monoisotopic (exact) mass is 370 g/mol. The number of aliphatic hydroxyl groups excluding tert-OH is 1. The minimum absolute atomic E-state index is 0.222. The normalized spacial score (nSPS) is 20.7. The quantitative estimate of drug-likeness (QED) is 0.639. The average molecular weight is 370 g/mol. The molecule has 1 atom stereocenters. The van der Waals surface area contributed by atoms with Crippen molar-refractivity contribution in [2.45, 2.75) is 31.6 Å². The van der Waals surface area contributed by atoms with Gasteiger partial charge in [0.25, 0.3) is 0 Å². The summed E-state index contributed by atoms with van der Waals surface area (Å²) in [4.78, 5) is 11.7. The third-order valence-electron chi connectivity index (χ3n) is 5.21. The number of aromatic nitrogens is 4. The van der Waals surface area contributed by atoms with Gasteiger partial charge < -0.3 is 15.3 Å². The smallest absolute Gasteiger partial charge is 0.227 e. The molecular formula is C18H22N6OS. The molecule has 0 spiro atoms. The third kappa shape index (κ3) is 3.03. The minimum atomic E-state index is 0.222. The topological polar surface area (TPSA) is 90.0 Å². The molecule has 0 unspecified atom stereocenters. The number of thiophene rings is 1. The number of H-pyrrole nitrogens is 1. The van der Waals surface area contributed by atoms with Gasteiger partial charge in [0.1, 0.15) is 0 Å². The number of rotatable bonds is 5. The molecule has 0 bridgehead atoms. The maximum atomic E-state index is 9.51. The zero-order chi connectivity index (χ0) is 17.5. The molecule has 26 heavy (non-hydrogen) atoms. The molecule has 2 aliphatic rings. The van der Waals surface area contributed by atoms with E-state index in [2.05, 4.69) is 26.5 Å². The molecule has 8 heteroatoms. The highest BCUT2D eigenvalue weighted by atomic mass is 32.1. The molecule has 0 aromatic carbocycles. The lowest BCUT2D eigenvalue weighted by Crippen LogP contribution is -2.37. The standard InChI is InChI=1S/C18H22N6OS/c25-10-11-2-1-6-24(9-11)18-19-13-5-7-26-16(13)17(21-18)20-15-8-14(22-23-15)12-3-4-12/h5,7-8,11-12,25H,1-4,6,9-10H2,(H2,19,20,21,22,23)/t11-/m0/s1. The highest BCUT2D eigenvalue weighted by Gasteiger charge is 2.26. The van der Waals surface area contributed by atoms with Gasteiger partial charge in [-0.3, -0.25) is 5.10 Å². The van der Waals surface area contributed by atoms with E-state index in [4.69, 9.17) is 9.97 Å². The van der Waals surface area contributed by atoms with E-state index in [-0.39, 0.29) is 6.61 Å². The summed E-state index contributed by atoms with van der Waals surface area (Å²) in [6.45, 7) is 1.96. The first-order chi connectivity index (χ1) is 12.8. The minimum Gasteiger partial charge on any atom is -0.396 e. The van der Waals surface area contributed by atoms with Crippen LogP contribution >= 0.6 is 11.3 Å². The second kappa shape index (κ2) is 6.51. The second-order valence-corrected chi connectivity index (χ2v) is 8.17. The molecule has 1 saturated carbocycles. The van der Waals surface area contributed by atoms with Crippen molar-refractivity contribution in [1.29, 1.82) is 0 Å². The lowest BCUT2D eigenvalue weighted by atomic mass is 9.99. The zero-order valence-corrected chi connectivity index (χ0v) is 15.3. The van der Waals surface area contributed by atoms with E-state index in [1.54, 1.807) is 11.3 Å². The molecule has 2 fully saturated rings. The van der Waals surface area contributed by atoms with Crippen LogP contribution < -0.4 is 10.2 Å². The molecule has 7 nitrogen and oxygen atoms in total. The van der Waals surface area contributed by atoms with Gasteiger partial charge in [-0.2, -0.15) is 10.1 Å². The number of aliphatic hydroxyl groups is 1. The average Bonchev–Trinajstić information content (AvgIpc) is 3.23. The van der Waals surface area contributed by atoms with E-state index >= 15 is 0 Å². The second-order valence-electron chi connectivity index (χ2n) is 7.25. The Morgan fingerprint density at radius 3 is 3.08 bits per heavy atom. The van der Waals surface area contributed by atoms with Gasteiger partial charge in [-0.05, 0) is 43.0 Å². The number of aromatic amines is 1. The van der Waals surface area contributed by atoms with Crippen LogP contribution in [0.1, 0.15) is 37.3 Å². The van der Waals surface area contributed by atoms with Crippen LogP contribution in [0, 0.1) is 5.92 Å². The highest BCUT2D eigenvalue weighted by molar-refractivity contribution is 7.17. The van der Waals surface area contributed by atoms with Crippen LogP contribution in [0.15, 0.2) is 17.5 Å². The largest absolute Gasteiger partial charge is 0.396 e. The molecule has 0 radical (unpaired) electrons. The Bertz CT molecular complexity index is 917. The van der Waals surface area contributed by atoms with Crippen molar-refractivity contribution in [3.05, 3.63) is 23.2 Å². The number of hydrogen-bond acceptors (Lipinski definition) is 7. The molecule has 3 N–H and O–H groups in total. The molecule has 3 aromatic heterocycles. The molecular weight excluding hydrogens is 348 g/mol. The molecule has 1 aliphatic heterocycles. The molecule has 136 valence electrons. The molecule has 4 heterocycles. The van der Waals surface area contributed by atoms with E-state index in [9.17, 15) is 5.11 Å². The Morgan fingerprint density at radius 1 is 1.31 bits per heavy atom. The van der Waals surface area contributed by atoms with Crippen LogP contribution in [-0.2, 0) is 0 Å². The van der Waals surface area contributed by atoms with Gasteiger partial charge in [0.15, 0.2) is 11.6 Å². The number of fused-ring (bicyclic) bond motifs is 1. The fraction of sp³-hybridized carbons (Fsp3) is 0.500. The number of nitrogens with one attached hydrogen (secondary N) is 2. The Kier molecular flexibility index (Phi) is 4.01. The summed E-state index contributed by atoms with van der Waals surface area (Å²) in [5.74, 6) is 3.28. The van der Waals surface area contributed by atoms with E-state index < -0.39 is 0 Å². The fourth-order valence-corrected chi connectivity index (χ4v) is 4.37. The van der Waals surface area contributed by atoms with Crippen LogP contribution in [0.3, 0.4) is 0 Å². The van der Waals surface area contributed by atoms with Gasteiger partial charge in [0, 0.05) is 37.4 Å². The lowest BCUT2D eigenvalue weighted by molar-refractivity contribution is 0.208. The van der Waals surface area contributed by atoms with Gasteiger partial charge in [-0.15, -0.1) is 11.3 Å². The van der Waals surface area contributed by atoms with E-state index in [1.807, 2.05) is 11.4 Å².